The number of nitrogens with one attached hydrogen (secondary N) is 1. The molecule has 1 atom stereocenters. The second kappa shape index (κ2) is 6.35. The van der Waals surface area contributed by atoms with E-state index in [9.17, 15) is 14.9 Å². The molecule has 7 heteroatoms. The Labute approximate surface area is 109 Å². The number of para-hydroxylation sites is 1. The van der Waals surface area contributed by atoms with E-state index in [2.05, 4.69) is 5.32 Å². The van der Waals surface area contributed by atoms with Crippen LogP contribution in [-0.4, -0.2) is 22.5 Å². The minimum Gasteiger partial charge on any atom is -0.481 e. The molecule has 0 fully saturated rings. The SMILES string of the molecule is CC(CNc1cccc(C#N)c1[N+](=O)[O-])CC(=O)O. The molecule has 0 heterocycles. The van der Waals surface area contributed by atoms with E-state index in [1.54, 1.807) is 13.0 Å². The number of anilines is 1. The van der Waals surface area contributed by atoms with Gasteiger partial charge in [-0.05, 0) is 18.1 Å². The number of nitro groups is 1. The monoisotopic (exact) mass is 263 g/mol. The third-order valence-electron chi connectivity index (χ3n) is 2.50. The van der Waals surface area contributed by atoms with Gasteiger partial charge in [-0.3, -0.25) is 14.9 Å². The Hall–Kier alpha value is -2.62. The van der Waals surface area contributed by atoms with Crippen molar-refractivity contribution in [1.29, 1.82) is 5.26 Å². The summed E-state index contributed by atoms with van der Waals surface area (Å²) in [6.45, 7) is 2.00. The third-order valence-corrected chi connectivity index (χ3v) is 2.50. The predicted molar refractivity (Wildman–Crippen MR) is 67.7 cm³/mol. The standard InChI is InChI=1S/C12H13N3O4/c1-8(5-11(16)17)7-14-10-4-2-3-9(6-13)12(10)15(18)19/h2-4,8,14H,5,7H2,1H3,(H,16,17). The van der Waals surface area contributed by atoms with Crippen molar-refractivity contribution in [2.24, 2.45) is 5.92 Å². The first-order valence-corrected chi connectivity index (χ1v) is 5.59. The largest absolute Gasteiger partial charge is 0.481 e. The number of rotatable bonds is 6. The molecule has 0 aromatic heterocycles. The highest BCUT2D eigenvalue weighted by atomic mass is 16.6. The number of carbonyl (C=O) groups is 1. The number of nitrogens with zero attached hydrogens (tertiary/aromatic N) is 2. The van der Waals surface area contributed by atoms with Gasteiger partial charge in [-0.1, -0.05) is 13.0 Å². The van der Waals surface area contributed by atoms with E-state index < -0.39 is 10.9 Å². The normalized spacial score (nSPS) is 11.4. The first-order chi connectivity index (χ1) is 8.95. The molecule has 100 valence electrons. The molecule has 0 aliphatic heterocycles. The van der Waals surface area contributed by atoms with E-state index in [0.29, 0.717) is 0 Å². The van der Waals surface area contributed by atoms with Crippen LogP contribution in [0.25, 0.3) is 0 Å². The molecule has 2 N–H and O–H groups in total. The molecule has 1 unspecified atom stereocenters. The molecule has 1 aromatic carbocycles. The maximum absolute atomic E-state index is 10.9. The summed E-state index contributed by atoms with van der Waals surface area (Å²) < 4.78 is 0. The molecule has 7 nitrogen and oxygen atoms in total. The van der Waals surface area contributed by atoms with Gasteiger partial charge in [0.15, 0.2) is 0 Å². The molecule has 1 rings (SSSR count). The van der Waals surface area contributed by atoms with E-state index in [1.807, 2.05) is 0 Å². The van der Waals surface area contributed by atoms with E-state index in [4.69, 9.17) is 10.4 Å². The number of aliphatic carboxylic acids is 1. The lowest BCUT2D eigenvalue weighted by Crippen LogP contribution is -2.15. The Morgan fingerprint density at radius 2 is 2.32 bits per heavy atom. The second-order valence-electron chi connectivity index (χ2n) is 4.15. The Kier molecular flexibility index (Phi) is 4.83. The van der Waals surface area contributed by atoms with Crippen molar-refractivity contribution in [3.05, 3.63) is 33.9 Å². The second-order valence-corrected chi connectivity index (χ2v) is 4.15. The van der Waals surface area contributed by atoms with Crippen LogP contribution in [0.15, 0.2) is 18.2 Å². The quantitative estimate of drug-likeness (QED) is 0.598. The highest BCUT2D eigenvalue weighted by Crippen LogP contribution is 2.28. The molecule has 0 bridgehead atoms. The van der Waals surface area contributed by atoms with E-state index in [1.165, 1.54) is 18.2 Å². The zero-order valence-corrected chi connectivity index (χ0v) is 10.3. The smallest absolute Gasteiger partial charge is 0.309 e. The molecule has 19 heavy (non-hydrogen) atoms. The fourth-order valence-corrected chi connectivity index (χ4v) is 1.63. The number of nitro benzene ring substituents is 1. The van der Waals surface area contributed by atoms with E-state index >= 15 is 0 Å². The van der Waals surface area contributed by atoms with Gasteiger partial charge in [-0.2, -0.15) is 5.26 Å². The minimum atomic E-state index is -0.922. The Morgan fingerprint density at radius 1 is 1.63 bits per heavy atom. The van der Waals surface area contributed by atoms with Crippen LogP contribution >= 0.6 is 0 Å². The zero-order chi connectivity index (χ0) is 14.4. The Morgan fingerprint density at radius 3 is 2.84 bits per heavy atom. The topological polar surface area (TPSA) is 116 Å². The van der Waals surface area contributed by atoms with Crippen LogP contribution in [-0.2, 0) is 4.79 Å². The van der Waals surface area contributed by atoms with Crippen molar-refractivity contribution >= 4 is 17.3 Å². The van der Waals surface area contributed by atoms with Crippen molar-refractivity contribution in [2.75, 3.05) is 11.9 Å². The number of nitriles is 1. The lowest BCUT2D eigenvalue weighted by molar-refractivity contribution is -0.384. The van der Waals surface area contributed by atoms with Gasteiger partial charge in [0, 0.05) is 13.0 Å². The maximum atomic E-state index is 10.9. The van der Waals surface area contributed by atoms with Gasteiger partial charge in [-0.25, -0.2) is 0 Å². The summed E-state index contributed by atoms with van der Waals surface area (Å²) in [5.41, 5.74) is -0.0882. The summed E-state index contributed by atoms with van der Waals surface area (Å²) in [5.74, 6) is -1.10. The van der Waals surface area contributed by atoms with Gasteiger partial charge in [-0.15, -0.1) is 0 Å². The molecule has 0 saturated carbocycles. The van der Waals surface area contributed by atoms with Crippen LogP contribution in [0.1, 0.15) is 18.9 Å². The van der Waals surface area contributed by atoms with Crippen molar-refractivity contribution in [3.63, 3.8) is 0 Å². The van der Waals surface area contributed by atoms with Crippen LogP contribution < -0.4 is 5.32 Å². The van der Waals surface area contributed by atoms with Crippen LogP contribution in [0.4, 0.5) is 11.4 Å². The van der Waals surface area contributed by atoms with Crippen molar-refractivity contribution in [2.45, 2.75) is 13.3 Å². The van der Waals surface area contributed by atoms with Crippen LogP contribution in [0.5, 0.6) is 0 Å². The van der Waals surface area contributed by atoms with E-state index in [-0.39, 0.29) is 35.8 Å². The fourth-order valence-electron chi connectivity index (χ4n) is 1.63. The van der Waals surface area contributed by atoms with Gasteiger partial charge < -0.3 is 10.4 Å². The number of benzene rings is 1. The summed E-state index contributed by atoms with van der Waals surface area (Å²) in [6, 6.07) is 6.16. The van der Waals surface area contributed by atoms with Crippen LogP contribution in [0.3, 0.4) is 0 Å². The molecule has 1 aromatic rings. The highest BCUT2D eigenvalue weighted by Gasteiger charge is 2.19. The average Bonchev–Trinajstić information content (AvgIpc) is 2.34. The number of carboxylic acids is 1. The highest BCUT2D eigenvalue weighted by molar-refractivity contribution is 5.69. The summed E-state index contributed by atoms with van der Waals surface area (Å²) in [4.78, 5) is 20.8. The van der Waals surface area contributed by atoms with Gasteiger partial charge in [0.25, 0.3) is 0 Å². The molecule has 0 aliphatic carbocycles. The van der Waals surface area contributed by atoms with Crippen molar-refractivity contribution < 1.29 is 14.8 Å². The molecule has 0 spiro atoms. The first-order valence-electron chi connectivity index (χ1n) is 5.59. The lowest BCUT2D eigenvalue weighted by Gasteiger charge is -2.12. The summed E-state index contributed by atoms with van der Waals surface area (Å²) in [7, 11) is 0. The minimum absolute atomic E-state index is 0.0270. The zero-order valence-electron chi connectivity index (χ0n) is 10.3. The Bertz CT molecular complexity index is 536. The summed E-state index contributed by atoms with van der Waals surface area (Å²) >= 11 is 0. The molecule has 0 saturated heterocycles. The average molecular weight is 263 g/mol. The lowest BCUT2D eigenvalue weighted by atomic mass is 10.1. The molecule has 0 aliphatic rings. The predicted octanol–water partition coefficient (Wildman–Crippen LogP) is 1.99. The van der Waals surface area contributed by atoms with E-state index in [0.717, 1.165) is 0 Å². The van der Waals surface area contributed by atoms with Gasteiger partial charge in [0.1, 0.15) is 17.3 Å². The molecular weight excluding hydrogens is 250 g/mol. The molecule has 0 radical (unpaired) electrons. The van der Waals surface area contributed by atoms with Crippen LogP contribution in [0, 0.1) is 27.4 Å². The van der Waals surface area contributed by atoms with Crippen molar-refractivity contribution in [1.82, 2.24) is 0 Å². The first kappa shape index (κ1) is 14.4. The number of carboxylic acid groups (broad SMARTS) is 1. The fraction of sp³-hybridized carbons (Fsp3) is 0.333. The third kappa shape index (κ3) is 3.96. The molecular formula is C12H13N3O4. The van der Waals surface area contributed by atoms with Crippen LogP contribution in [0.2, 0.25) is 0 Å². The number of hydrogen-bond acceptors (Lipinski definition) is 5. The Balaban J connectivity index is 2.87. The van der Waals surface area contributed by atoms with Crippen molar-refractivity contribution in [3.8, 4) is 6.07 Å². The summed E-state index contributed by atoms with van der Waals surface area (Å²) in [5, 5.41) is 31.2. The van der Waals surface area contributed by atoms with Gasteiger partial charge in [0.05, 0.1) is 4.92 Å². The maximum Gasteiger partial charge on any atom is 0.309 e. The number of hydrogen-bond donors (Lipinski definition) is 2. The van der Waals surface area contributed by atoms with Gasteiger partial charge in [0.2, 0.25) is 0 Å². The summed E-state index contributed by atoms with van der Waals surface area (Å²) in [6.07, 6.45) is -0.0290. The molecule has 0 amide bonds. The van der Waals surface area contributed by atoms with Gasteiger partial charge >= 0.3 is 11.7 Å².